The summed E-state index contributed by atoms with van der Waals surface area (Å²) in [4.78, 5) is 10.3. The quantitative estimate of drug-likeness (QED) is 0.774. The van der Waals surface area contributed by atoms with Crippen LogP contribution in [0.25, 0.3) is 0 Å². The first-order chi connectivity index (χ1) is 6.24. The molecule has 0 aliphatic heterocycles. The second-order valence-corrected chi connectivity index (χ2v) is 2.80. The van der Waals surface area contributed by atoms with E-state index in [1.165, 1.54) is 0 Å². The standard InChI is InChI=1S/C10H11FO2/c11-7-9-4-2-1-3-8(9)5-6-10(12)13/h1-4H,5-7H2,(H,12,13). The van der Waals surface area contributed by atoms with Crippen LogP contribution in [-0.4, -0.2) is 11.1 Å². The van der Waals surface area contributed by atoms with Crippen LogP contribution >= 0.6 is 0 Å². The molecule has 70 valence electrons. The first-order valence-electron chi connectivity index (χ1n) is 4.08. The van der Waals surface area contributed by atoms with Gasteiger partial charge in [-0.05, 0) is 17.5 Å². The van der Waals surface area contributed by atoms with Crippen LogP contribution in [0.3, 0.4) is 0 Å². The lowest BCUT2D eigenvalue weighted by Gasteiger charge is -2.03. The Bertz CT molecular complexity index is 297. The molecule has 0 atom stereocenters. The Morgan fingerprint density at radius 3 is 2.46 bits per heavy atom. The van der Waals surface area contributed by atoms with Crippen molar-refractivity contribution in [3.63, 3.8) is 0 Å². The van der Waals surface area contributed by atoms with Gasteiger partial charge >= 0.3 is 5.97 Å². The van der Waals surface area contributed by atoms with E-state index in [2.05, 4.69) is 0 Å². The van der Waals surface area contributed by atoms with Crippen LogP contribution in [0.5, 0.6) is 0 Å². The summed E-state index contributed by atoms with van der Waals surface area (Å²) >= 11 is 0. The number of rotatable bonds is 4. The lowest BCUT2D eigenvalue weighted by atomic mass is 10.0. The van der Waals surface area contributed by atoms with E-state index >= 15 is 0 Å². The number of aliphatic carboxylic acids is 1. The van der Waals surface area contributed by atoms with Gasteiger partial charge in [-0.25, -0.2) is 4.39 Å². The fraction of sp³-hybridized carbons (Fsp3) is 0.300. The average Bonchev–Trinajstić information content (AvgIpc) is 2.15. The highest BCUT2D eigenvalue weighted by atomic mass is 19.1. The Labute approximate surface area is 76.0 Å². The van der Waals surface area contributed by atoms with Crippen molar-refractivity contribution in [2.45, 2.75) is 19.5 Å². The summed E-state index contributed by atoms with van der Waals surface area (Å²) in [5.74, 6) is -0.853. The summed E-state index contributed by atoms with van der Waals surface area (Å²) < 4.78 is 12.4. The summed E-state index contributed by atoms with van der Waals surface area (Å²) in [5, 5.41) is 8.44. The van der Waals surface area contributed by atoms with Gasteiger partial charge in [0.25, 0.3) is 0 Å². The maximum Gasteiger partial charge on any atom is 0.303 e. The van der Waals surface area contributed by atoms with Crippen molar-refractivity contribution in [2.75, 3.05) is 0 Å². The van der Waals surface area contributed by atoms with Crippen molar-refractivity contribution in [1.29, 1.82) is 0 Å². The number of carboxylic acid groups (broad SMARTS) is 1. The smallest absolute Gasteiger partial charge is 0.303 e. The fourth-order valence-electron chi connectivity index (χ4n) is 1.17. The maximum atomic E-state index is 12.4. The number of alkyl halides is 1. The van der Waals surface area contributed by atoms with E-state index in [1.54, 1.807) is 24.3 Å². The van der Waals surface area contributed by atoms with Gasteiger partial charge in [0.15, 0.2) is 0 Å². The second kappa shape index (κ2) is 4.60. The summed E-state index contributed by atoms with van der Waals surface area (Å²) in [6.07, 6.45) is 0.451. The molecule has 0 fully saturated rings. The normalized spacial score (nSPS) is 9.92. The van der Waals surface area contributed by atoms with Crippen LogP contribution in [0.1, 0.15) is 17.5 Å². The minimum absolute atomic E-state index is 0.0526. The molecule has 0 spiro atoms. The molecule has 0 radical (unpaired) electrons. The zero-order valence-corrected chi connectivity index (χ0v) is 7.16. The summed E-state index contributed by atoms with van der Waals surface area (Å²) in [6, 6.07) is 6.98. The lowest BCUT2D eigenvalue weighted by molar-refractivity contribution is -0.136. The van der Waals surface area contributed by atoms with E-state index in [9.17, 15) is 9.18 Å². The zero-order chi connectivity index (χ0) is 9.68. The van der Waals surface area contributed by atoms with Crippen LogP contribution < -0.4 is 0 Å². The molecule has 13 heavy (non-hydrogen) atoms. The van der Waals surface area contributed by atoms with E-state index in [1.807, 2.05) is 0 Å². The third kappa shape index (κ3) is 2.86. The number of halogens is 1. The van der Waals surface area contributed by atoms with Gasteiger partial charge < -0.3 is 5.11 Å². The molecule has 2 nitrogen and oxygen atoms in total. The fourth-order valence-corrected chi connectivity index (χ4v) is 1.17. The van der Waals surface area contributed by atoms with Crippen molar-refractivity contribution in [3.8, 4) is 0 Å². The van der Waals surface area contributed by atoms with Gasteiger partial charge in [0.2, 0.25) is 0 Å². The van der Waals surface area contributed by atoms with E-state index in [0.29, 0.717) is 12.0 Å². The molecule has 0 aliphatic carbocycles. The number of benzene rings is 1. The Kier molecular flexibility index (Phi) is 3.43. The van der Waals surface area contributed by atoms with Crippen molar-refractivity contribution < 1.29 is 14.3 Å². The van der Waals surface area contributed by atoms with Crippen molar-refractivity contribution in [2.24, 2.45) is 0 Å². The molecule has 1 rings (SSSR count). The molecule has 3 heteroatoms. The third-order valence-corrected chi connectivity index (χ3v) is 1.87. The van der Waals surface area contributed by atoms with Gasteiger partial charge in [0.05, 0.1) is 0 Å². The molecule has 0 aromatic heterocycles. The highest BCUT2D eigenvalue weighted by Gasteiger charge is 2.03. The monoisotopic (exact) mass is 182 g/mol. The third-order valence-electron chi connectivity index (χ3n) is 1.87. The van der Waals surface area contributed by atoms with Crippen LogP contribution in [0.4, 0.5) is 4.39 Å². The number of hydrogen-bond donors (Lipinski definition) is 1. The summed E-state index contributed by atoms with van der Waals surface area (Å²) in [7, 11) is 0. The maximum absolute atomic E-state index is 12.4. The van der Waals surface area contributed by atoms with E-state index in [-0.39, 0.29) is 6.42 Å². The summed E-state index contributed by atoms with van der Waals surface area (Å²) in [6.45, 7) is -0.532. The van der Waals surface area contributed by atoms with Crippen LogP contribution in [0.15, 0.2) is 24.3 Å². The number of aryl methyl sites for hydroxylation is 1. The lowest BCUT2D eigenvalue weighted by Crippen LogP contribution is -1.99. The topological polar surface area (TPSA) is 37.3 Å². The molecule has 0 saturated heterocycles. The molecule has 0 amide bonds. The Balaban J connectivity index is 2.69. The van der Waals surface area contributed by atoms with Gasteiger partial charge in [0.1, 0.15) is 6.67 Å². The van der Waals surface area contributed by atoms with Gasteiger partial charge in [-0.15, -0.1) is 0 Å². The largest absolute Gasteiger partial charge is 0.481 e. The first kappa shape index (κ1) is 9.71. The SMILES string of the molecule is O=C(O)CCc1ccccc1CF. The molecule has 0 unspecified atom stereocenters. The van der Waals surface area contributed by atoms with Gasteiger partial charge in [-0.1, -0.05) is 24.3 Å². The highest BCUT2D eigenvalue weighted by Crippen LogP contribution is 2.12. The molecule has 0 bridgehead atoms. The van der Waals surface area contributed by atoms with E-state index < -0.39 is 12.6 Å². The predicted octanol–water partition coefficient (Wildman–Crippen LogP) is 2.17. The Morgan fingerprint density at radius 2 is 1.92 bits per heavy atom. The molecule has 0 aliphatic rings. The number of carboxylic acids is 1. The minimum atomic E-state index is -0.853. The van der Waals surface area contributed by atoms with Crippen molar-refractivity contribution in [3.05, 3.63) is 35.4 Å². The Hall–Kier alpha value is -1.38. The van der Waals surface area contributed by atoms with Crippen LogP contribution in [0, 0.1) is 0 Å². The van der Waals surface area contributed by atoms with Gasteiger partial charge in [0, 0.05) is 6.42 Å². The van der Waals surface area contributed by atoms with E-state index in [0.717, 1.165) is 5.56 Å². The molecular formula is C10H11FO2. The molecule has 1 aromatic carbocycles. The van der Waals surface area contributed by atoms with Crippen LogP contribution in [0.2, 0.25) is 0 Å². The number of carbonyl (C=O) groups is 1. The van der Waals surface area contributed by atoms with Crippen molar-refractivity contribution >= 4 is 5.97 Å². The highest BCUT2D eigenvalue weighted by molar-refractivity contribution is 5.67. The average molecular weight is 182 g/mol. The minimum Gasteiger partial charge on any atom is -0.481 e. The first-order valence-corrected chi connectivity index (χ1v) is 4.08. The Morgan fingerprint density at radius 1 is 1.31 bits per heavy atom. The zero-order valence-electron chi connectivity index (χ0n) is 7.16. The van der Waals surface area contributed by atoms with E-state index in [4.69, 9.17) is 5.11 Å². The molecule has 0 heterocycles. The predicted molar refractivity (Wildman–Crippen MR) is 47.2 cm³/mol. The molecule has 0 saturated carbocycles. The van der Waals surface area contributed by atoms with Gasteiger partial charge in [-0.3, -0.25) is 4.79 Å². The molecule has 1 N–H and O–H groups in total. The number of hydrogen-bond acceptors (Lipinski definition) is 1. The van der Waals surface area contributed by atoms with Crippen molar-refractivity contribution in [1.82, 2.24) is 0 Å². The van der Waals surface area contributed by atoms with Crippen LogP contribution in [-0.2, 0) is 17.9 Å². The molecular weight excluding hydrogens is 171 g/mol. The second-order valence-electron chi connectivity index (χ2n) is 2.80. The summed E-state index contributed by atoms with van der Waals surface area (Å²) in [5.41, 5.74) is 1.37. The molecule has 1 aromatic rings. The van der Waals surface area contributed by atoms with Gasteiger partial charge in [-0.2, -0.15) is 0 Å².